The summed E-state index contributed by atoms with van der Waals surface area (Å²) in [4.78, 5) is 14.4. The highest BCUT2D eigenvalue weighted by atomic mass is 16.3. The van der Waals surface area contributed by atoms with Gasteiger partial charge in [-0.1, -0.05) is 0 Å². The fourth-order valence-corrected chi connectivity index (χ4v) is 0.643. The summed E-state index contributed by atoms with van der Waals surface area (Å²) in [6.45, 7) is 1.63. The lowest BCUT2D eigenvalue weighted by Crippen LogP contribution is -2.16. The van der Waals surface area contributed by atoms with E-state index in [1.165, 1.54) is 13.2 Å². The largest absolute Gasteiger partial charge is 0.493 e. The van der Waals surface area contributed by atoms with E-state index in [1.54, 1.807) is 6.92 Å². The smallest absolute Gasteiger partial charge is 0.271 e. The zero-order valence-electron chi connectivity index (χ0n) is 5.83. The number of rotatable bonds is 0. The molecule has 1 N–H and O–H groups in total. The van der Waals surface area contributed by atoms with Gasteiger partial charge in [0.25, 0.3) is 5.56 Å². The molecule has 4 nitrogen and oxygen atoms in total. The van der Waals surface area contributed by atoms with E-state index in [0.717, 1.165) is 4.57 Å². The monoisotopic (exact) mass is 140 g/mol. The highest BCUT2D eigenvalue weighted by Crippen LogP contribution is 2.06. The molecular weight excluding hydrogens is 132 g/mol. The normalized spacial score (nSPS) is 9.80. The van der Waals surface area contributed by atoms with Crippen molar-refractivity contribution >= 4 is 0 Å². The van der Waals surface area contributed by atoms with Crippen molar-refractivity contribution in [2.45, 2.75) is 6.92 Å². The first kappa shape index (κ1) is 6.80. The molecule has 0 unspecified atom stereocenters. The van der Waals surface area contributed by atoms with Gasteiger partial charge in [-0.25, -0.2) is 0 Å². The third kappa shape index (κ3) is 0.877. The number of hydrogen-bond donors (Lipinski definition) is 1. The Morgan fingerprint density at radius 2 is 2.30 bits per heavy atom. The quantitative estimate of drug-likeness (QED) is 0.542. The second kappa shape index (κ2) is 2.13. The number of aromatic hydroxyl groups is 1. The van der Waals surface area contributed by atoms with Crippen molar-refractivity contribution in [2.75, 3.05) is 0 Å². The Hall–Kier alpha value is -1.32. The van der Waals surface area contributed by atoms with Gasteiger partial charge in [0.2, 0.25) is 5.88 Å². The van der Waals surface area contributed by atoms with Crippen LogP contribution >= 0.6 is 0 Å². The molecule has 0 fully saturated rings. The van der Waals surface area contributed by atoms with Gasteiger partial charge in [-0.15, -0.1) is 0 Å². The summed E-state index contributed by atoms with van der Waals surface area (Å²) in [6, 6.07) is 0. The van der Waals surface area contributed by atoms with Crippen molar-refractivity contribution in [1.82, 2.24) is 9.55 Å². The maximum Gasteiger partial charge on any atom is 0.271 e. The van der Waals surface area contributed by atoms with E-state index < -0.39 is 0 Å². The topological polar surface area (TPSA) is 55.1 Å². The standard InChI is InChI=1S/C6H8N2O2/c1-4-6(10)8(2)5(9)3-7-4/h3,10H,1-2H3. The van der Waals surface area contributed by atoms with Crippen LogP contribution in [0, 0.1) is 6.92 Å². The molecule has 0 aliphatic heterocycles. The Bertz CT molecular complexity index is 303. The molecule has 10 heavy (non-hydrogen) atoms. The third-order valence-corrected chi connectivity index (χ3v) is 1.34. The SMILES string of the molecule is Cc1ncc(=O)n(C)c1O. The van der Waals surface area contributed by atoms with Crippen molar-refractivity contribution in [3.63, 3.8) is 0 Å². The maximum absolute atomic E-state index is 10.7. The van der Waals surface area contributed by atoms with Gasteiger partial charge >= 0.3 is 0 Å². The van der Waals surface area contributed by atoms with E-state index >= 15 is 0 Å². The van der Waals surface area contributed by atoms with Crippen LogP contribution in [0.15, 0.2) is 11.0 Å². The summed E-state index contributed by atoms with van der Waals surface area (Å²) >= 11 is 0. The second-order valence-corrected chi connectivity index (χ2v) is 2.06. The molecule has 1 heterocycles. The minimum Gasteiger partial charge on any atom is -0.493 e. The number of hydrogen-bond acceptors (Lipinski definition) is 3. The molecule has 1 rings (SSSR count). The highest BCUT2D eigenvalue weighted by molar-refractivity contribution is 5.14. The van der Waals surface area contributed by atoms with Crippen LogP contribution < -0.4 is 5.56 Å². The maximum atomic E-state index is 10.7. The molecule has 0 radical (unpaired) electrons. The first-order valence-electron chi connectivity index (χ1n) is 2.84. The van der Waals surface area contributed by atoms with Gasteiger partial charge < -0.3 is 5.11 Å². The molecule has 0 amide bonds. The van der Waals surface area contributed by atoms with Crippen molar-refractivity contribution in [3.8, 4) is 5.88 Å². The third-order valence-electron chi connectivity index (χ3n) is 1.34. The van der Waals surface area contributed by atoms with Crippen molar-refractivity contribution < 1.29 is 5.11 Å². The highest BCUT2D eigenvalue weighted by Gasteiger charge is 2.00. The number of nitrogens with zero attached hydrogens (tertiary/aromatic N) is 2. The van der Waals surface area contributed by atoms with Crippen LogP contribution in [0.25, 0.3) is 0 Å². The van der Waals surface area contributed by atoms with Gasteiger partial charge in [0.05, 0.1) is 11.9 Å². The lowest BCUT2D eigenvalue weighted by molar-refractivity contribution is 0.414. The fraction of sp³-hybridized carbons (Fsp3) is 0.333. The summed E-state index contributed by atoms with van der Waals surface area (Å²) in [5.41, 5.74) is 0.158. The van der Waals surface area contributed by atoms with Crippen LogP contribution in [0.4, 0.5) is 0 Å². The lowest BCUT2D eigenvalue weighted by Gasteiger charge is -2.01. The molecule has 0 aromatic carbocycles. The van der Waals surface area contributed by atoms with Crippen LogP contribution in [0.1, 0.15) is 5.69 Å². The van der Waals surface area contributed by atoms with Crippen molar-refractivity contribution in [2.24, 2.45) is 7.05 Å². The summed E-state index contributed by atoms with van der Waals surface area (Å²) in [5.74, 6) is -0.0764. The lowest BCUT2D eigenvalue weighted by atomic mass is 10.5. The summed E-state index contributed by atoms with van der Waals surface area (Å²) in [5, 5.41) is 9.09. The first-order valence-corrected chi connectivity index (χ1v) is 2.84. The Balaban J connectivity index is 3.49. The fourth-order valence-electron chi connectivity index (χ4n) is 0.643. The Morgan fingerprint density at radius 3 is 2.80 bits per heavy atom. The average molecular weight is 140 g/mol. The van der Waals surface area contributed by atoms with Gasteiger partial charge in [-0.05, 0) is 6.92 Å². The van der Waals surface area contributed by atoms with Crippen molar-refractivity contribution in [3.05, 3.63) is 22.2 Å². The number of aryl methyl sites for hydroxylation is 1. The second-order valence-electron chi connectivity index (χ2n) is 2.06. The first-order chi connectivity index (χ1) is 4.63. The molecule has 0 aliphatic carbocycles. The van der Waals surface area contributed by atoms with E-state index in [-0.39, 0.29) is 11.4 Å². The molecule has 4 heteroatoms. The van der Waals surface area contributed by atoms with Gasteiger partial charge in [0.1, 0.15) is 0 Å². The van der Waals surface area contributed by atoms with Crippen LogP contribution in [0.3, 0.4) is 0 Å². The molecule has 0 spiro atoms. The Kier molecular flexibility index (Phi) is 1.45. The predicted octanol–water partition coefficient (Wildman–Crippen LogP) is -0.206. The molecule has 0 saturated carbocycles. The van der Waals surface area contributed by atoms with Gasteiger partial charge in [0, 0.05) is 7.05 Å². The Morgan fingerprint density at radius 1 is 1.70 bits per heavy atom. The molecule has 1 aromatic rings. The Labute approximate surface area is 57.8 Å². The minimum atomic E-state index is -0.303. The zero-order valence-corrected chi connectivity index (χ0v) is 5.83. The molecule has 0 bridgehead atoms. The summed E-state index contributed by atoms with van der Waals surface area (Å²) < 4.78 is 1.14. The summed E-state index contributed by atoms with van der Waals surface area (Å²) in [7, 11) is 1.49. The molecule has 1 aromatic heterocycles. The number of aromatic nitrogens is 2. The molecule has 0 saturated heterocycles. The van der Waals surface area contributed by atoms with Gasteiger partial charge in [0.15, 0.2) is 0 Å². The van der Waals surface area contributed by atoms with E-state index in [9.17, 15) is 4.79 Å². The van der Waals surface area contributed by atoms with Crippen LogP contribution in [-0.4, -0.2) is 14.7 Å². The summed E-state index contributed by atoms with van der Waals surface area (Å²) in [6.07, 6.45) is 1.18. The molecule has 0 aliphatic rings. The minimum absolute atomic E-state index is 0.0764. The average Bonchev–Trinajstić information content (AvgIpc) is 1.93. The van der Waals surface area contributed by atoms with E-state index in [1.807, 2.05) is 0 Å². The molecular formula is C6H8N2O2. The van der Waals surface area contributed by atoms with Crippen LogP contribution in [0.5, 0.6) is 5.88 Å². The van der Waals surface area contributed by atoms with Crippen LogP contribution in [-0.2, 0) is 7.05 Å². The zero-order chi connectivity index (χ0) is 7.72. The molecule has 54 valence electrons. The van der Waals surface area contributed by atoms with E-state index in [2.05, 4.69) is 4.98 Å². The van der Waals surface area contributed by atoms with Crippen molar-refractivity contribution in [1.29, 1.82) is 0 Å². The molecule has 0 atom stereocenters. The van der Waals surface area contributed by atoms with E-state index in [0.29, 0.717) is 5.69 Å². The van der Waals surface area contributed by atoms with Crippen LogP contribution in [0.2, 0.25) is 0 Å². The van der Waals surface area contributed by atoms with Gasteiger partial charge in [-0.2, -0.15) is 0 Å². The van der Waals surface area contributed by atoms with Gasteiger partial charge in [-0.3, -0.25) is 14.3 Å². The predicted molar refractivity (Wildman–Crippen MR) is 35.9 cm³/mol. The van der Waals surface area contributed by atoms with E-state index in [4.69, 9.17) is 5.11 Å².